The number of hydrogen-bond acceptors (Lipinski definition) is 21. The van der Waals surface area contributed by atoms with Gasteiger partial charge in [0.2, 0.25) is 28.9 Å². The van der Waals surface area contributed by atoms with Gasteiger partial charge in [-0.25, -0.2) is 8.78 Å². The molecular formula is C78H64Cl2F2O15S6. The number of thiophene rings is 6. The maximum Gasteiger partial charge on any atom is 0.205 e. The Labute approximate surface area is 625 Å². The molecule has 0 saturated heterocycles. The first kappa shape index (κ1) is 82.5. The van der Waals surface area contributed by atoms with Crippen LogP contribution in [0.2, 0.25) is 10.0 Å². The van der Waals surface area contributed by atoms with Crippen molar-refractivity contribution in [3.8, 4) is 0 Å². The largest absolute Gasteiger partial charge is 0.294 e. The molecule has 0 N–H and O–H groups in total. The standard InChI is InChI=1S/2C16H13ClO3S.2C16H13FO3S.C14H12O3S2/c1-10(18)14(19)9-15(20)13-6-7-21-16(13)8-11-2-4-12(17)5-3-11;1-10(18)14(19)9-15(20)13-5-6-21-16(13)8-11-3-2-4-12(17)7-11;1-10(18)14(19)9-15(20)13-6-7-21-16(13)8-11-2-4-12(17)5-3-11;1-10(18)14(19)9-15(20)13-5-6-21-16(13)8-11-3-2-4-12(17)7-11;1-9(15)12(16)8-13(17)11-4-6-19-14(11)7-10-3-2-5-18-10/h4*2-7H,8-9H2,1H3;2-6H,7-8H2,1H3. The highest BCUT2D eigenvalue weighted by atomic mass is 35.5. The maximum atomic E-state index is 13.2. The predicted molar refractivity (Wildman–Crippen MR) is 399 cm³/mol. The van der Waals surface area contributed by atoms with Crippen molar-refractivity contribution in [2.75, 3.05) is 0 Å². The number of rotatable bonds is 30. The lowest BCUT2D eigenvalue weighted by molar-refractivity contribution is -0.134. The summed E-state index contributed by atoms with van der Waals surface area (Å²) in [5.74, 6) is -8.53. The fraction of sp³-hybridized carbons (Fsp3) is 0.192. The van der Waals surface area contributed by atoms with Crippen LogP contribution in [0.25, 0.3) is 0 Å². The highest BCUT2D eigenvalue weighted by Crippen LogP contribution is 2.29. The van der Waals surface area contributed by atoms with Gasteiger partial charge in [-0.05, 0) is 139 Å². The Balaban J connectivity index is 0.000000202. The van der Waals surface area contributed by atoms with Gasteiger partial charge in [-0.3, -0.25) is 71.9 Å². The van der Waals surface area contributed by atoms with E-state index in [2.05, 4.69) is 0 Å². The van der Waals surface area contributed by atoms with E-state index in [0.717, 1.165) is 60.5 Å². The lowest BCUT2D eigenvalue weighted by Crippen LogP contribution is -2.15. The predicted octanol–water partition coefficient (Wildman–Crippen LogP) is 17.0. The Morgan fingerprint density at radius 1 is 0.282 bits per heavy atom. The zero-order valence-electron chi connectivity index (χ0n) is 55.9. The Morgan fingerprint density at radius 3 is 0.883 bits per heavy atom. The number of Topliss-reactive ketones (excluding diaryl/α,β-unsaturated/α-hetero) is 15. The molecule has 0 saturated carbocycles. The average Bonchev–Trinajstić information content (AvgIpc) is 1.75. The molecule has 10 rings (SSSR count). The van der Waals surface area contributed by atoms with Crippen molar-refractivity contribution in [2.24, 2.45) is 0 Å². The van der Waals surface area contributed by atoms with Gasteiger partial charge in [-0.2, -0.15) is 0 Å². The van der Waals surface area contributed by atoms with Crippen LogP contribution < -0.4 is 0 Å². The van der Waals surface area contributed by atoms with Crippen LogP contribution in [-0.4, -0.2) is 86.7 Å². The molecule has 4 aromatic carbocycles. The minimum atomic E-state index is -0.692. The molecule has 0 fully saturated rings. The number of hydrogen-bond donors (Lipinski definition) is 0. The van der Waals surface area contributed by atoms with Crippen molar-refractivity contribution in [3.05, 3.63) is 273 Å². The Kier molecular flexibility index (Phi) is 32.9. The van der Waals surface area contributed by atoms with Crippen LogP contribution in [-0.2, 0) is 80.0 Å². The third kappa shape index (κ3) is 27.0. The van der Waals surface area contributed by atoms with E-state index >= 15 is 0 Å². The molecule has 0 aliphatic carbocycles. The van der Waals surface area contributed by atoms with Gasteiger partial charge in [-0.1, -0.05) is 77.8 Å². The summed E-state index contributed by atoms with van der Waals surface area (Å²) in [7, 11) is 0. The van der Waals surface area contributed by atoms with Gasteiger partial charge in [0.05, 0.1) is 32.1 Å². The lowest BCUT2D eigenvalue weighted by atomic mass is 10.0. The van der Waals surface area contributed by atoms with Gasteiger partial charge in [0, 0.05) is 134 Å². The molecule has 0 unspecified atom stereocenters. The SMILES string of the molecule is CC(=O)C(=O)CC(=O)c1ccsc1Cc1ccc(Cl)cc1.CC(=O)C(=O)CC(=O)c1ccsc1Cc1ccc(F)cc1.CC(=O)C(=O)CC(=O)c1ccsc1Cc1cccc(Cl)c1.CC(=O)C(=O)CC(=O)c1ccsc1Cc1cccc(F)c1.CC(=O)C(=O)CC(=O)c1ccsc1Cc1cccs1. The molecule has 6 heterocycles. The van der Waals surface area contributed by atoms with Crippen molar-refractivity contribution in [2.45, 2.75) is 98.8 Å². The van der Waals surface area contributed by atoms with Gasteiger partial charge < -0.3 is 0 Å². The average molecular weight is 1540 g/mol. The van der Waals surface area contributed by atoms with E-state index in [9.17, 15) is 80.7 Å². The number of carbonyl (C=O) groups is 15. The second kappa shape index (κ2) is 41.0. The smallest absolute Gasteiger partial charge is 0.205 e. The Morgan fingerprint density at radius 2 is 0.583 bits per heavy atom. The van der Waals surface area contributed by atoms with Gasteiger partial charge in [0.25, 0.3) is 0 Å². The second-order valence-corrected chi connectivity index (χ2v) is 29.6. The van der Waals surface area contributed by atoms with Crippen molar-refractivity contribution < 1.29 is 80.7 Å². The molecule has 530 valence electrons. The minimum absolute atomic E-state index is 0.270. The lowest BCUT2D eigenvalue weighted by Gasteiger charge is -2.03. The molecule has 10 aromatic rings. The second-order valence-electron chi connectivity index (χ2n) is 22.7. The highest BCUT2D eigenvalue weighted by Gasteiger charge is 2.24. The van der Waals surface area contributed by atoms with Crippen LogP contribution in [0.3, 0.4) is 0 Å². The van der Waals surface area contributed by atoms with E-state index in [1.807, 2.05) is 64.0 Å². The number of ketones is 15. The summed E-state index contributed by atoms with van der Waals surface area (Å²) in [4.78, 5) is 177. The molecular weight excluding hydrogens is 1480 g/mol. The molecule has 0 aliphatic rings. The summed E-state index contributed by atoms with van der Waals surface area (Å²) in [5.41, 5.74) is 6.14. The van der Waals surface area contributed by atoms with E-state index < -0.39 is 70.7 Å². The highest BCUT2D eigenvalue weighted by molar-refractivity contribution is 7.12. The molecule has 0 spiro atoms. The van der Waals surface area contributed by atoms with Crippen molar-refractivity contribution in [1.29, 1.82) is 0 Å². The van der Waals surface area contributed by atoms with Crippen LogP contribution in [0.5, 0.6) is 0 Å². The quantitative estimate of drug-likeness (QED) is 0.0230. The molecule has 0 bridgehead atoms. The summed E-state index contributed by atoms with van der Waals surface area (Å²) < 4.78 is 26.0. The van der Waals surface area contributed by atoms with Crippen LogP contribution in [0, 0.1) is 11.6 Å². The number of halogens is 4. The maximum absolute atomic E-state index is 13.2. The minimum Gasteiger partial charge on any atom is -0.294 e. The summed E-state index contributed by atoms with van der Waals surface area (Å²) in [6.07, 6.45) is 0.920. The Hall–Kier alpha value is -9.43. The molecule has 15 nitrogen and oxygen atoms in total. The van der Waals surface area contributed by atoms with E-state index in [-0.39, 0.29) is 59.8 Å². The molecule has 25 heteroatoms. The molecule has 0 radical (unpaired) electrons. The van der Waals surface area contributed by atoms with Gasteiger partial charge >= 0.3 is 0 Å². The summed E-state index contributed by atoms with van der Waals surface area (Å²) >= 11 is 20.6. The number of carbonyl (C=O) groups excluding carboxylic acids is 15. The zero-order valence-corrected chi connectivity index (χ0v) is 62.3. The first-order valence-corrected chi connectivity index (χ1v) is 37.2. The zero-order chi connectivity index (χ0) is 75.4. The third-order valence-corrected chi connectivity index (χ3v) is 20.7. The first-order chi connectivity index (χ1) is 49.0. The summed E-state index contributed by atoms with van der Waals surface area (Å²) in [6, 6.07) is 39.4. The summed E-state index contributed by atoms with van der Waals surface area (Å²) in [5, 5.41) is 12.3. The Bertz CT molecular complexity index is 4540. The van der Waals surface area contributed by atoms with E-state index in [1.54, 1.807) is 94.9 Å². The molecule has 0 aliphatic heterocycles. The van der Waals surface area contributed by atoms with Crippen molar-refractivity contribution in [3.63, 3.8) is 0 Å². The number of benzene rings is 4. The normalized spacial score (nSPS) is 10.4. The van der Waals surface area contributed by atoms with E-state index in [4.69, 9.17) is 23.2 Å². The molecule has 103 heavy (non-hydrogen) atoms. The van der Waals surface area contributed by atoms with Crippen LogP contribution >= 0.6 is 91.2 Å². The van der Waals surface area contributed by atoms with Crippen LogP contribution in [0.15, 0.2) is 172 Å². The van der Waals surface area contributed by atoms with Crippen LogP contribution in [0.1, 0.15) is 170 Å². The monoisotopic (exact) mass is 1540 g/mol. The summed E-state index contributed by atoms with van der Waals surface area (Å²) in [6.45, 7) is 5.85. The first-order valence-electron chi connectivity index (χ1n) is 31.1. The molecule has 6 aromatic heterocycles. The van der Waals surface area contributed by atoms with Gasteiger partial charge in [0.1, 0.15) is 11.6 Å². The van der Waals surface area contributed by atoms with E-state index in [1.165, 1.54) is 107 Å². The third-order valence-electron chi connectivity index (χ3n) is 14.8. The van der Waals surface area contributed by atoms with E-state index in [0.29, 0.717) is 70.0 Å². The fourth-order valence-electron chi connectivity index (χ4n) is 9.27. The molecule has 0 amide bonds. The van der Waals surface area contributed by atoms with Crippen LogP contribution in [0.4, 0.5) is 8.78 Å². The van der Waals surface area contributed by atoms with Gasteiger partial charge in [0.15, 0.2) is 57.8 Å². The molecule has 0 atom stereocenters. The fourth-order valence-corrected chi connectivity index (χ4v) is 15.0. The van der Waals surface area contributed by atoms with Gasteiger partial charge in [-0.15, -0.1) is 68.0 Å². The van der Waals surface area contributed by atoms with Crippen molar-refractivity contribution in [1.82, 2.24) is 0 Å². The van der Waals surface area contributed by atoms with Crippen molar-refractivity contribution >= 4 is 178 Å². The topological polar surface area (TPSA) is 256 Å².